The van der Waals surface area contributed by atoms with Gasteiger partial charge in [-0.25, -0.2) is 0 Å². The second-order valence-electron chi connectivity index (χ2n) is 8.10. The minimum atomic E-state index is -4.56. The average Bonchev–Trinajstić information content (AvgIpc) is 2.32. The molecule has 1 amide bonds. The molecule has 22 heavy (non-hydrogen) atoms. The molecule has 2 N–H and O–H groups in total. The van der Waals surface area contributed by atoms with E-state index in [1.165, 1.54) is 6.92 Å². The number of hydrogen-bond donors (Lipinski definition) is 2. The Morgan fingerprint density at radius 3 is 2.18 bits per heavy atom. The van der Waals surface area contributed by atoms with Crippen LogP contribution in [-0.4, -0.2) is 28.3 Å². The number of halogens is 3. The van der Waals surface area contributed by atoms with Crippen LogP contribution in [0.1, 0.15) is 58.8 Å². The highest BCUT2D eigenvalue weighted by Gasteiger charge is 2.61. The van der Waals surface area contributed by atoms with Gasteiger partial charge < -0.3 is 10.4 Å². The Hall–Kier alpha value is -0.780. The molecule has 3 atom stereocenters. The smallest absolute Gasteiger partial charge is 0.390 e. The van der Waals surface area contributed by atoms with Gasteiger partial charge in [0, 0.05) is 5.54 Å². The molecule has 0 radical (unpaired) electrons. The van der Waals surface area contributed by atoms with Gasteiger partial charge in [0.15, 0.2) is 0 Å². The third-order valence-corrected chi connectivity index (χ3v) is 6.24. The SMILES string of the molecule is CCC(C)(C(=O)NC12CC3CC(CC(O)(C3)C1)C2)C(F)(F)F. The van der Waals surface area contributed by atoms with E-state index >= 15 is 0 Å². The summed E-state index contributed by atoms with van der Waals surface area (Å²) in [6.07, 6.45) is -0.553. The summed E-state index contributed by atoms with van der Waals surface area (Å²) in [5.74, 6) is -0.288. The van der Waals surface area contributed by atoms with Crippen LogP contribution in [0, 0.1) is 17.3 Å². The van der Waals surface area contributed by atoms with E-state index in [0.717, 1.165) is 26.2 Å². The number of amides is 1. The summed E-state index contributed by atoms with van der Waals surface area (Å²) in [5, 5.41) is 13.4. The lowest BCUT2D eigenvalue weighted by molar-refractivity contribution is -0.220. The van der Waals surface area contributed by atoms with E-state index in [2.05, 4.69) is 5.32 Å². The summed E-state index contributed by atoms with van der Waals surface area (Å²) in [7, 11) is 0. The zero-order valence-corrected chi connectivity index (χ0v) is 13.1. The first-order chi connectivity index (χ1) is 10.0. The summed E-state index contributed by atoms with van der Waals surface area (Å²) in [5.41, 5.74) is -3.80. The first-order valence-corrected chi connectivity index (χ1v) is 8.13. The zero-order valence-electron chi connectivity index (χ0n) is 13.1. The molecule has 6 heteroatoms. The second-order valence-corrected chi connectivity index (χ2v) is 8.10. The number of nitrogens with one attached hydrogen (secondary N) is 1. The lowest BCUT2D eigenvalue weighted by Crippen LogP contribution is -2.67. The van der Waals surface area contributed by atoms with Crippen LogP contribution < -0.4 is 5.32 Å². The summed E-state index contributed by atoms with van der Waals surface area (Å²) >= 11 is 0. The van der Waals surface area contributed by atoms with Crippen molar-refractivity contribution >= 4 is 5.91 Å². The standard InChI is InChI=1S/C16H24F3NO2/c1-3-13(2,16(17,18)19)12(21)20-14-5-10-4-11(6-14)8-15(22,7-10)9-14/h10-11,22H,3-9H2,1-2H3,(H,20,21). The Balaban J connectivity index is 1.82. The molecular formula is C16H24F3NO2. The van der Waals surface area contributed by atoms with Crippen LogP contribution in [0.15, 0.2) is 0 Å². The Kier molecular flexibility index (Phi) is 3.38. The highest BCUT2D eigenvalue weighted by atomic mass is 19.4. The summed E-state index contributed by atoms with van der Waals surface area (Å²) in [6.45, 7) is 2.36. The Bertz CT molecular complexity index is 476. The molecular weight excluding hydrogens is 295 g/mol. The van der Waals surface area contributed by atoms with Crippen molar-refractivity contribution in [3.05, 3.63) is 0 Å². The van der Waals surface area contributed by atoms with Gasteiger partial charge in [0.05, 0.1) is 5.60 Å². The Morgan fingerprint density at radius 2 is 1.77 bits per heavy atom. The van der Waals surface area contributed by atoms with Crippen molar-refractivity contribution in [3.63, 3.8) is 0 Å². The molecule has 126 valence electrons. The first kappa shape index (κ1) is 16.1. The lowest BCUT2D eigenvalue weighted by Gasteiger charge is -2.60. The van der Waals surface area contributed by atoms with Crippen LogP contribution in [0.5, 0.6) is 0 Å². The highest BCUT2D eigenvalue weighted by molar-refractivity contribution is 5.84. The van der Waals surface area contributed by atoms with E-state index in [-0.39, 0.29) is 6.42 Å². The highest BCUT2D eigenvalue weighted by Crippen LogP contribution is 2.57. The van der Waals surface area contributed by atoms with Crippen LogP contribution >= 0.6 is 0 Å². The molecule has 4 aliphatic carbocycles. The van der Waals surface area contributed by atoms with Crippen molar-refractivity contribution in [2.45, 2.75) is 76.1 Å². The van der Waals surface area contributed by atoms with Gasteiger partial charge in [-0.15, -0.1) is 0 Å². The van der Waals surface area contributed by atoms with E-state index in [9.17, 15) is 23.1 Å². The maximum absolute atomic E-state index is 13.3. The topological polar surface area (TPSA) is 49.3 Å². The largest absolute Gasteiger partial charge is 0.402 e. The molecule has 3 nitrogen and oxygen atoms in total. The van der Waals surface area contributed by atoms with Crippen molar-refractivity contribution in [3.8, 4) is 0 Å². The first-order valence-electron chi connectivity index (χ1n) is 8.13. The quantitative estimate of drug-likeness (QED) is 0.839. The fourth-order valence-electron chi connectivity index (χ4n) is 5.23. The molecule has 0 aromatic carbocycles. The van der Waals surface area contributed by atoms with Gasteiger partial charge in [0.25, 0.3) is 0 Å². The Morgan fingerprint density at radius 1 is 1.23 bits per heavy atom. The van der Waals surface area contributed by atoms with Crippen LogP contribution in [0.3, 0.4) is 0 Å². The molecule has 4 bridgehead atoms. The molecule has 0 aromatic rings. The van der Waals surface area contributed by atoms with E-state index in [0.29, 0.717) is 31.1 Å². The average molecular weight is 319 g/mol. The number of rotatable bonds is 3. The molecule has 3 unspecified atom stereocenters. The van der Waals surface area contributed by atoms with Gasteiger partial charge in [0.1, 0.15) is 5.41 Å². The van der Waals surface area contributed by atoms with Gasteiger partial charge in [-0.3, -0.25) is 4.79 Å². The van der Waals surface area contributed by atoms with E-state index in [1.807, 2.05) is 0 Å². The summed E-state index contributed by atoms with van der Waals surface area (Å²) < 4.78 is 39.8. The van der Waals surface area contributed by atoms with Gasteiger partial charge in [0.2, 0.25) is 5.91 Å². The minimum absolute atomic E-state index is 0.282. The van der Waals surface area contributed by atoms with Crippen molar-refractivity contribution in [1.29, 1.82) is 0 Å². The number of aliphatic hydroxyl groups is 1. The molecule has 0 saturated heterocycles. The van der Waals surface area contributed by atoms with Crippen molar-refractivity contribution in [2.24, 2.45) is 17.3 Å². The molecule has 4 aliphatic rings. The number of hydrogen-bond acceptors (Lipinski definition) is 2. The minimum Gasteiger partial charge on any atom is -0.390 e. The van der Waals surface area contributed by atoms with Crippen molar-refractivity contribution in [2.75, 3.05) is 0 Å². The normalized spacial score (nSPS) is 43.0. The van der Waals surface area contributed by atoms with E-state index in [1.54, 1.807) is 0 Å². The van der Waals surface area contributed by atoms with Gasteiger partial charge in [-0.05, 0) is 63.7 Å². The van der Waals surface area contributed by atoms with Gasteiger partial charge >= 0.3 is 6.18 Å². The fraction of sp³-hybridized carbons (Fsp3) is 0.938. The van der Waals surface area contributed by atoms with E-state index in [4.69, 9.17) is 0 Å². The third kappa shape index (κ3) is 2.34. The van der Waals surface area contributed by atoms with Crippen LogP contribution in [0.2, 0.25) is 0 Å². The number of carbonyl (C=O) groups excluding carboxylic acids is 1. The predicted molar refractivity (Wildman–Crippen MR) is 75.0 cm³/mol. The Labute approximate surface area is 128 Å². The van der Waals surface area contributed by atoms with Crippen LogP contribution in [-0.2, 0) is 4.79 Å². The number of carbonyl (C=O) groups is 1. The predicted octanol–water partition coefficient (Wildman–Crippen LogP) is 3.16. The molecule has 0 heterocycles. The third-order valence-electron chi connectivity index (χ3n) is 6.24. The second kappa shape index (κ2) is 4.62. The summed E-state index contributed by atoms with van der Waals surface area (Å²) in [4.78, 5) is 12.4. The fourth-order valence-corrected chi connectivity index (χ4v) is 5.23. The van der Waals surface area contributed by atoms with Crippen molar-refractivity contribution in [1.82, 2.24) is 5.32 Å². The maximum atomic E-state index is 13.3. The molecule has 0 aromatic heterocycles. The van der Waals surface area contributed by atoms with Gasteiger partial charge in [-0.1, -0.05) is 6.92 Å². The molecule has 4 rings (SSSR count). The molecule has 0 spiro atoms. The van der Waals surface area contributed by atoms with Crippen molar-refractivity contribution < 1.29 is 23.1 Å². The van der Waals surface area contributed by atoms with E-state index < -0.39 is 28.6 Å². The van der Waals surface area contributed by atoms with Crippen LogP contribution in [0.4, 0.5) is 13.2 Å². The number of alkyl halides is 3. The monoisotopic (exact) mass is 319 g/mol. The summed E-state index contributed by atoms with van der Waals surface area (Å²) in [6, 6.07) is 0. The molecule has 4 saturated carbocycles. The molecule has 0 aliphatic heterocycles. The lowest BCUT2D eigenvalue weighted by atomic mass is 9.51. The zero-order chi connectivity index (χ0) is 16.4. The van der Waals surface area contributed by atoms with Gasteiger partial charge in [-0.2, -0.15) is 13.2 Å². The maximum Gasteiger partial charge on any atom is 0.402 e. The molecule has 4 fully saturated rings. The van der Waals surface area contributed by atoms with Crippen LogP contribution in [0.25, 0.3) is 0 Å².